The molecule has 2 N–H and O–H groups in total. The maximum Gasteiger partial charge on any atom is 0.336 e. The van der Waals surface area contributed by atoms with Gasteiger partial charge in [0.15, 0.2) is 0 Å². The Bertz CT molecular complexity index is 1240. The van der Waals surface area contributed by atoms with Crippen LogP contribution in [0.25, 0.3) is 34.4 Å². The molecule has 0 fully saturated rings. The summed E-state index contributed by atoms with van der Waals surface area (Å²) in [6, 6.07) is 22.2. The van der Waals surface area contributed by atoms with Crippen LogP contribution in [0.4, 0.5) is 0 Å². The second kappa shape index (κ2) is 7.32. The summed E-state index contributed by atoms with van der Waals surface area (Å²) in [5.74, 6) is -0.751. The fourth-order valence-corrected chi connectivity index (χ4v) is 3.01. The van der Waals surface area contributed by atoms with E-state index in [0.717, 1.165) is 16.7 Å². The smallest absolute Gasteiger partial charge is 0.336 e. The zero-order valence-corrected chi connectivity index (χ0v) is 14.8. The molecule has 28 heavy (non-hydrogen) atoms. The topological polar surface area (TPSA) is 83.0 Å². The number of H-pyrrole nitrogens is 1. The molecular weight excluding hydrogens is 352 g/mol. The number of fused-ring (bicyclic) bond motifs is 1. The van der Waals surface area contributed by atoms with Crippen LogP contribution in [0.15, 0.2) is 77.6 Å². The summed E-state index contributed by atoms with van der Waals surface area (Å²) in [6.07, 6.45) is 4.04. The van der Waals surface area contributed by atoms with Crippen molar-refractivity contribution in [3.8, 4) is 11.4 Å². The second-order valence-corrected chi connectivity index (χ2v) is 6.29. The van der Waals surface area contributed by atoms with Crippen molar-refractivity contribution in [2.24, 2.45) is 0 Å². The first kappa shape index (κ1) is 17.4. The Morgan fingerprint density at radius 3 is 2.21 bits per heavy atom. The van der Waals surface area contributed by atoms with Crippen molar-refractivity contribution in [3.05, 3.63) is 99.8 Å². The number of hydrogen-bond acceptors (Lipinski definition) is 3. The third kappa shape index (κ3) is 3.46. The van der Waals surface area contributed by atoms with Crippen LogP contribution in [0, 0.1) is 0 Å². The number of benzene rings is 3. The molecule has 1 aromatic heterocycles. The van der Waals surface area contributed by atoms with E-state index in [9.17, 15) is 14.7 Å². The molecule has 4 rings (SSSR count). The number of nitrogens with zero attached hydrogens (tertiary/aromatic N) is 1. The highest BCUT2D eigenvalue weighted by molar-refractivity contribution is 6.02. The molecule has 0 radical (unpaired) electrons. The van der Waals surface area contributed by atoms with E-state index >= 15 is 0 Å². The molecule has 0 bridgehead atoms. The highest BCUT2D eigenvalue weighted by Gasteiger charge is 2.14. The van der Waals surface area contributed by atoms with Gasteiger partial charge in [0.05, 0.1) is 16.5 Å². The average Bonchev–Trinajstić information content (AvgIpc) is 2.73. The number of carbonyl (C=O) groups is 1. The predicted molar refractivity (Wildman–Crippen MR) is 110 cm³/mol. The largest absolute Gasteiger partial charge is 0.478 e. The number of aromatic nitrogens is 2. The van der Waals surface area contributed by atoms with E-state index in [-0.39, 0.29) is 10.9 Å². The summed E-state index contributed by atoms with van der Waals surface area (Å²) in [5, 5.41) is 9.35. The molecule has 3 aromatic carbocycles. The SMILES string of the molecule is O=C(O)c1cccc2nc(-c3ccc(/C=C/c4ccccc4)cc3)[nH]c(=O)c12. The van der Waals surface area contributed by atoms with E-state index in [0.29, 0.717) is 11.3 Å². The Kier molecular flexibility index (Phi) is 4.56. The van der Waals surface area contributed by atoms with Crippen molar-refractivity contribution >= 4 is 29.0 Å². The summed E-state index contributed by atoms with van der Waals surface area (Å²) in [7, 11) is 0. The number of carboxylic acid groups (broad SMARTS) is 1. The molecule has 1 heterocycles. The average molecular weight is 368 g/mol. The van der Waals surface area contributed by atoms with E-state index in [1.807, 2.05) is 66.7 Å². The summed E-state index contributed by atoms with van der Waals surface area (Å²) < 4.78 is 0. The highest BCUT2D eigenvalue weighted by atomic mass is 16.4. The summed E-state index contributed by atoms with van der Waals surface area (Å²) in [6.45, 7) is 0. The van der Waals surface area contributed by atoms with Gasteiger partial charge in [-0.25, -0.2) is 9.78 Å². The van der Waals surface area contributed by atoms with E-state index in [4.69, 9.17) is 0 Å². The monoisotopic (exact) mass is 368 g/mol. The molecule has 0 aliphatic heterocycles. The zero-order chi connectivity index (χ0) is 19.5. The Morgan fingerprint density at radius 1 is 0.857 bits per heavy atom. The van der Waals surface area contributed by atoms with E-state index in [1.54, 1.807) is 12.1 Å². The standard InChI is InChI=1S/C23H16N2O3/c26-22-20-18(23(27)28)7-4-8-19(20)24-21(25-22)17-13-11-16(12-14-17)10-9-15-5-2-1-3-6-15/h1-14H,(H,27,28)(H,24,25,26)/b10-9+. The molecule has 0 amide bonds. The first-order valence-electron chi connectivity index (χ1n) is 8.72. The summed E-state index contributed by atoms with van der Waals surface area (Å²) >= 11 is 0. The van der Waals surface area contributed by atoms with Gasteiger partial charge in [-0.2, -0.15) is 0 Å². The van der Waals surface area contributed by atoms with E-state index in [2.05, 4.69) is 9.97 Å². The molecule has 0 aliphatic rings. The number of aromatic carboxylic acids is 1. The van der Waals surface area contributed by atoms with Gasteiger partial charge in [0.2, 0.25) is 0 Å². The maximum absolute atomic E-state index is 12.5. The molecule has 136 valence electrons. The maximum atomic E-state index is 12.5. The van der Waals surface area contributed by atoms with Crippen LogP contribution in [-0.2, 0) is 0 Å². The van der Waals surface area contributed by atoms with Crippen molar-refractivity contribution in [1.29, 1.82) is 0 Å². The summed E-state index contributed by atoms with van der Waals surface area (Å²) in [4.78, 5) is 30.9. The van der Waals surface area contributed by atoms with Gasteiger partial charge in [-0.3, -0.25) is 4.79 Å². The molecule has 0 atom stereocenters. The van der Waals surface area contributed by atoms with Crippen LogP contribution in [0.2, 0.25) is 0 Å². The second-order valence-electron chi connectivity index (χ2n) is 6.29. The minimum absolute atomic E-state index is 0.0563. The lowest BCUT2D eigenvalue weighted by molar-refractivity contribution is 0.0699. The van der Waals surface area contributed by atoms with Gasteiger partial charge in [-0.15, -0.1) is 0 Å². The number of hydrogen-bond donors (Lipinski definition) is 2. The van der Waals surface area contributed by atoms with Crippen molar-refractivity contribution in [1.82, 2.24) is 9.97 Å². The van der Waals surface area contributed by atoms with E-state index < -0.39 is 11.5 Å². The fourth-order valence-electron chi connectivity index (χ4n) is 3.01. The Balaban J connectivity index is 1.68. The first-order valence-corrected chi connectivity index (χ1v) is 8.72. The Morgan fingerprint density at radius 2 is 1.54 bits per heavy atom. The molecule has 0 spiro atoms. The van der Waals surface area contributed by atoms with Crippen LogP contribution in [0.5, 0.6) is 0 Å². The predicted octanol–water partition coefficient (Wildman–Crippen LogP) is 4.46. The van der Waals surface area contributed by atoms with Gasteiger partial charge in [-0.05, 0) is 23.3 Å². The molecular formula is C23H16N2O3. The molecule has 0 saturated carbocycles. The zero-order valence-electron chi connectivity index (χ0n) is 14.8. The molecule has 0 saturated heterocycles. The number of rotatable bonds is 4. The van der Waals surface area contributed by atoms with Crippen molar-refractivity contribution < 1.29 is 9.90 Å². The van der Waals surface area contributed by atoms with Crippen LogP contribution in [-0.4, -0.2) is 21.0 Å². The minimum atomic E-state index is -1.15. The molecule has 5 nitrogen and oxygen atoms in total. The van der Waals surface area contributed by atoms with Crippen molar-refractivity contribution in [2.75, 3.05) is 0 Å². The normalized spacial score (nSPS) is 11.1. The van der Waals surface area contributed by atoms with E-state index in [1.165, 1.54) is 6.07 Å². The van der Waals surface area contributed by atoms with Crippen LogP contribution in [0.3, 0.4) is 0 Å². The third-order valence-electron chi connectivity index (χ3n) is 4.42. The van der Waals surface area contributed by atoms with Gasteiger partial charge in [0, 0.05) is 5.56 Å². The Labute approximate surface area is 160 Å². The molecule has 0 unspecified atom stereocenters. The Hall–Kier alpha value is -3.99. The summed E-state index contributed by atoms with van der Waals surface area (Å²) in [5.41, 5.74) is 2.71. The van der Waals surface area contributed by atoms with Gasteiger partial charge in [-0.1, -0.05) is 72.8 Å². The first-order chi connectivity index (χ1) is 13.6. The number of nitrogens with one attached hydrogen (secondary N) is 1. The lowest BCUT2D eigenvalue weighted by Crippen LogP contribution is -2.13. The van der Waals surface area contributed by atoms with Crippen molar-refractivity contribution in [3.63, 3.8) is 0 Å². The van der Waals surface area contributed by atoms with Crippen LogP contribution < -0.4 is 5.56 Å². The van der Waals surface area contributed by atoms with Gasteiger partial charge >= 0.3 is 5.97 Å². The quantitative estimate of drug-likeness (QED) is 0.521. The fraction of sp³-hybridized carbons (Fsp3) is 0. The molecule has 5 heteroatoms. The number of aromatic amines is 1. The van der Waals surface area contributed by atoms with Crippen LogP contribution in [0.1, 0.15) is 21.5 Å². The lowest BCUT2D eigenvalue weighted by atomic mass is 10.1. The molecule has 0 aliphatic carbocycles. The minimum Gasteiger partial charge on any atom is -0.478 e. The molecule has 4 aromatic rings. The number of carboxylic acids is 1. The van der Waals surface area contributed by atoms with Gasteiger partial charge < -0.3 is 10.1 Å². The van der Waals surface area contributed by atoms with Crippen molar-refractivity contribution in [2.45, 2.75) is 0 Å². The third-order valence-corrected chi connectivity index (χ3v) is 4.42. The van der Waals surface area contributed by atoms with Gasteiger partial charge in [0.25, 0.3) is 5.56 Å². The highest BCUT2D eigenvalue weighted by Crippen LogP contribution is 2.20. The van der Waals surface area contributed by atoms with Gasteiger partial charge in [0.1, 0.15) is 5.82 Å². The lowest BCUT2D eigenvalue weighted by Gasteiger charge is -2.05. The van der Waals surface area contributed by atoms with Crippen LogP contribution >= 0.6 is 0 Å².